The van der Waals surface area contributed by atoms with Gasteiger partial charge in [0.25, 0.3) is 0 Å². The molecule has 0 aliphatic heterocycles. The smallest absolute Gasteiger partial charge is 0.407 e. The van der Waals surface area contributed by atoms with E-state index in [1.54, 1.807) is 14.2 Å². The topological polar surface area (TPSA) is 85.9 Å². The molecule has 2 aromatic carbocycles. The molecule has 0 heterocycles. The summed E-state index contributed by atoms with van der Waals surface area (Å²) < 4.78 is 15.8. The highest BCUT2D eigenvalue weighted by Gasteiger charge is 2.15. The van der Waals surface area contributed by atoms with Crippen molar-refractivity contribution in [1.29, 1.82) is 0 Å². The highest BCUT2D eigenvalue weighted by Crippen LogP contribution is 2.31. The standard InChI is InChI=1S/C22H28N2O5/c1-16(25)24-19(18-11-12-20(27-2)21(14-18)28-3)10-7-13-23-22(26)29-15-17-8-5-4-6-9-17/h4-6,8-9,11-12,14,19H,7,10,13,15H2,1-3H3,(H,23,26)(H,24,25)/t19-/m1/s1. The molecule has 1 atom stereocenters. The minimum Gasteiger partial charge on any atom is -0.493 e. The number of benzene rings is 2. The summed E-state index contributed by atoms with van der Waals surface area (Å²) in [5, 5.41) is 5.68. The second kappa shape index (κ2) is 11.6. The third-order valence-electron chi connectivity index (χ3n) is 4.34. The average Bonchev–Trinajstić information content (AvgIpc) is 2.74. The van der Waals surface area contributed by atoms with Gasteiger partial charge >= 0.3 is 6.09 Å². The van der Waals surface area contributed by atoms with Crippen molar-refractivity contribution in [2.24, 2.45) is 0 Å². The summed E-state index contributed by atoms with van der Waals surface area (Å²) in [5.41, 5.74) is 1.84. The summed E-state index contributed by atoms with van der Waals surface area (Å²) in [4.78, 5) is 23.4. The number of carbonyl (C=O) groups excluding carboxylic acids is 2. The zero-order valence-electron chi connectivity index (χ0n) is 17.1. The zero-order chi connectivity index (χ0) is 21.1. The van der Waals surface area contributed by atoms with Crippen LogP contribution < -0.4 is 20.1 Å². The molecule has 0 spiro atoms. The van der Waals surface area contributed by atoms with Gasteiger partial charge in [0.15, 0.2) is 11.5 Å². The lowest BCUT2D eigenvalue weighted by Gasteiger charge is -2.20. The number of hydrogen-bond donors (Lipinski definition) is 2. The van der Waals surface area contributed by atoms with Crippen molar-refractivity contribution in [3.8, 4) is 11.5 Å². The Kier molecular flexibility index (Phi) is 8.82. The van der Waals surface area contributed by atoms with Gasteiger partial charge in [-0.1, -0.05) is 36.4 Å². The normalized spacial score (nSPS) is 11.3. The molecule has 0 unspecified atom stereocenters. The van der Waals surface area contributed by atoms with Crippen molar-refractivity contribution in [3.63, 3.8) is 0 Å². The van der Waals surface area contributed by atoms with Crippen LogP contribution in [0.15, 0.2) is 48.5 Å². The maximum atomic E-state index is 11.8. The largest absolute Gasteiger partial charge is 0.493 e. The van der Waals surface area contributed by atoms with Gasteiger partial charge in [0, 0.05) is 13.5 Å². The van der Waals surface area contributed by atoms with Gasteiger partial charge in [-0.25, -0.2) is 4.79 Å². The Hall–Kier alpha value is -3.22. The Balaban J connectivity index is 1.84. The Morgan fingerprint density at radius 3 is 2.38 bits per heavy atom. The van der Waals surface area contributed by atoms with Crippen LogP contribution in [0.2, 0.25) is 0 Å². The van der Waals surface area contributed by atoms with Crippen LogP contribution in [0.5, 0.6) is 11.5 Å². The van der Waals surface area contributed by atoms with Gasteiger partial charge in [0.05, 0.1) is 20.3 Å². The van der Waals surface area contributed by atoms with Crippen LogP contribution in [0.1, 0.15) is 36.9 Å². The van der Waals surface area contributed by atoms with Crippen molar-refractivity contribution in [2.75, 3.05) is 20.8 Å². The first-order valence-corrected chi connectivity index (χ1v) is 9.47. The van der Waals surface area contributed by atoms with Gasteiger partial charge in [-0.15, -0.1) is 0 Å². The second-order valence-electron chi connectivity index (χ2n) is 6.50. The minimum absolute atomic E-state index is 0.125. The van der Waals surface area contributed by atoms with Crippen LogP contribution in [-0.4, -0.2) is 32.8 Å². The predicted molar refractivity (Wildman–Crippen MR) is 110 cm³/mol. The van der Waals surface area contributed by atoms with Gasteiger partial charge in [0.1, 0.15) is 6.61 Å². The van der Waals surface area contributed by atoms with Crippen LogP contribution in [0.3, 0.4) is 0 Å². The Bertz CT molecular complexity index is 795. The fraction of sp³-hybridized carbons (Fsp3) is 0.364. The molecule has 7 nitrogen and oxygen atoms in total. The van der Waals surface area contributed by atoms with E-state index in [9.17, 15) is 9.59 Å². The van der Waals surface area contributed by atoms with Crippen molar-refractivity contribution in [3.05, 3.63) is 59.7 Å². The first-order chi connectivity index (χ1) is 14.0. The van der Waals surface area contributed by atoms with Crippen LogP contribution in [0, 0.1) is 0 Å². The van der Waals surface area contributed by atoms with Crippen LogP contribution in [0.25, 0.3) is 0 Å². The third-order valence-corrected chi connectivity index (χ3v) is 4.34. The molecule has 0 bridgehead atoms. The van der Waals surface area contributed by atoms with Gasteiger partial charge in [-0.2, -0.15) is 0 Å². The fourth-order valence-corrected chi connectivity index (χ4v) is 2.91. The van der Waals surface area contributed by atoms with E-state index in [0.29, 0.717) is 30.9 Å². The summed E-state index contributed by atoms with van der Waals surface area (Å²) in [6.07, 6.45) is 0.851. The first-order valence-electron chi connectivity index (χ1n) is 9.47. The van der Waals surface area contributed by atoms with Crippen molar-refractivity contribution in [2.45, 2.75) is 32.4 Å². The lowest BCUT2D eigenvalue weighted by Crippen LogP contribution is -2.29. The number of ether oxygens (including phenoxy) is 3. The van der Waals surface area contributed by atoms with Gasteiger partial charge in [-0.3, -0.25) is 4.79 Å². The molecule has 2 amide bonds. The Morgan fingerprint density at radius 2 is 1.72 bits per heavy atom. The molecule has 156 valence electrons. The summed E-state index contributed by atoms with van der Waals surface area (Å²) in [7, 11) is 3.14. The van der Waals surface area contributed by atoms with E-state index < -0.39 is 6.09 Å². The zero-order valence-corrected chi connectivity index (χ0v) is 17.1. The average molecular weight is 400 g/mol. The minimum atomic E-state index is -0.462. The number of rotatable bonds is 10. The van der Waals surface area contributed by atoms with Crippen LogP contribution in [-0.2, 0) is 16.1 Å². The molecule has 0 aliphatic carbocycles. The Labute approximate surface area is 171 Å². The van der Waals surface area contributed by atoms with Crippen LogP contribution in [0.4, 0.5) is 4.79 Å². The molecule has 0 fully saturated rings. The molecule has 29 heavy (non-hydrogen) atoms. The van der Waals surface area contributed by atoms with E-state index in [4.69, 9.17) is 14.2 Å². The summed E-state index contributed by atoms with van der Waals surface area (Å²) in [6, 6.07) is 14.8. The third kappa shape index (κ3) is 7.37. The van der Waals surface area contributed by atoms with E-state index in [1.165, 1.54) is 6.92 Å². The quantitative estimate of drug-likeness (QED) is 0.595. The van der Waals surface area contributed by atoms with Crippen molar-refractivity contribution in [1.82, 2.24) is 10.6 Å². The molecular formula is C22H28N2O5. The molecule has 0 radical (unpaired) electrons. The number of amides is 2. The Morgan fingerprint density at radius 1 is 1.00 bits per heavy atom. The summed E-state index contributed by atoms with van der Waals surface area (Å²) in [5.74, 6) is 1.10. The number of hydrogen-bond acceptors (Lipinski definition) is 5. The van der Waals surface area contributed by atoms with E-state index in [-0.39, 0.29) is 18.6 Å². The number of alkyl carbamates (subject to hydrolysis) is 1. The van der Waals surface area contributed by atoms with Crippen molar-refractivity contribution < 1.29 is 23.8 Å². The first kappa shape index (κ1) is 22.1. The second-order valence-corrected chi connectivity index (χ2v) is 6.50. The van der Waals surface area contributed by atoms with E-state index >= 15 is 0 Å². The fourth-order valence-electron chi connectivity index (χ4n) is 2.91. The van der Waals surface area contributed by atoms with E-state index in [0.717, 1.165) is 11.1 Å². The lowest BCUT2D eigenvalue weighted by molar-refractivity contribution is -0.119. The van der Waals surface area contributed by atoms with Gasteiger partial charge < -0.3 is 24.8 Å². The van der Waals surface area contributed by atoms with Gasteiger partial charge in [0.2, 0.25) is 5.91 Å². The maximum Gasteiger partial charge on any atom is 0.407 e. The molecule has 2 N–H and O–H groups in total. The SMILES string of the molecule is COc1ccc([C@@H](CCCNC(=O)OCc2ccccc2)NC(C)=O)cc1OC. The van der Waals surface area contributed by atoms with E-state index in [1.807, 2.05) is 48.5 Å². The maximum absolute atomic E-state index is 11.8. The van der Waals surface area contributed by atoms with Crippen molar-refractivity contribution >= 4 is 12.0 Å². The lowest BCUT2D eigenvalue weighted by atomic mass is 10.0. The summed E-state index contributed by atoms with van der Waals surface area (Å²) >= 11 is 0. The monoisotopic (exact) mass is 400 g/mol. The van der Waals surface area contributed by atoms with E-state index in [2.05, 4.69) is 10.6 Å². The molecule has 0 saturated carbocycles. The highest BCUT2D eigenvalue weighted by atomic mass is 16.5. The molecule has 0 saturated heterocycles. The molecule has 0 aliphatic rings. The molecule has 2 aromatic rings. The molecular weight excluding hydrogens is 372 g/mol. The predicted octanol–water partition coefficient (Wildman–Crippen LogP) is 3.59. The molecule has 7 heteroatoms. The number of nitrogens with one attached hydrogen (secondary N) is 2. The molecule has 2 rings (SSSR count). The van der Waals surface area contributed by atoms with Gasteiger partial charge in [-0.05, 0) is 36.1 Å². The summed E-state index contributed by atoms with van der Waals surface area (Å²) in [6.45, 7) is 2.15. The number of carbonyl (C=O) groups is 2. The number of methoxy groups -OCH3 is 2. The highest BCUT2D eigenvalue weighted by molar-refractivity contribution is 5.73. The molecule has 0 aromatic heterocycles. The van der Waals surface area contributed by atoms with Crippen LogP contribution >= 0.6 is 0 Å².